The molecule has 186 valence electrons. The summed E-state index contributed by atoms with van der Waals surface area (Å²) >= 11 is 0. The van der Waals surface area contributed by atoms with Crippen molar-refractivity contribution in [3.63, 3.8) is 0 Å². The molecule has 2 aromatic heterocycles. The van der Waals surface area contributed by atoms with Crippen molar-refractivity contribution in [1.29, 1.82) is 0 Å². The van der Waals surface area contributed by atoms with Crippen LogP contribution in [0.5, 0.6) is 0 Å². The maximum Gasteiger partial charge on any atom is 0.251 e. The molecule has 0 saturated carbocycles. The zero-order chi connectivity index (χ0) is 24.9. The third-order valence-electron chi connectivity index (χ3n) is 6.07. The van der Waals surface area contributed by atoms with E-state index in [0.717, 1.165) is 23.4 Å². The number of piperidine rings is 2. The number of rotatable bonds is 4. The van der Waals surface area contributed by atoms with E-state index < -0.39 is 11.8 Å². The number of anilines is 4. The van der Waals surface area contributed by atoms with Crippen LogP contribution in [0.15, 0.2) is 31.1 Å². The molecule has 6 nitrogen and oxygen atoms in total. The minimum atomic E-state index is -2.54. The molecule has 0 aliphatic carbocycles. The molecule has 2 aliphatic rings. The van der Waals surface area contributed by atoms with Crippen LogP contribution in [-0.4, -0.2) is 48.0 Å². The van der Waals surface area contributed by atoms with Gasteiger partial charge in [-0.1, -0.05) is 19.6 Å². The molecule has 0 radical (unpaired) electrons. The first kappa shape index (κ1) is 25.6. The van der Waals surface area contributed by atoms with Crippen LogP contribution >= 0.6 is 0 Å². The first-order valence-corrected chi connectivity index (χ1v) is 11.4. The van der Waals surface area contributed by atoms with Crippen LogP contribution in [-0.2, 0) is 6.42 Å². The molecule has 2 fully saturated rings. The van der Waals surface area contributed by atoms with Gasteiger partial charge < -0.3 is 21.3 Å². The summed E-state index contributed by atoms with van der Waals surface area (Å²) in [5.74, 6) is -3.57. The maximum absolute atomic E-state index is 13.1. The summed E-state index contributed by atoms with van der Waals surface area (Å²) in [7, 11) is 0. The Morgan fingerprint density at radius 2 is 1.29 bits per heavy atom. The first-order chi connectivity index (χ1) is 16.0. The van der Waals surface area contributed by atoms with Gasteiger partial charge in [0.15, 0.2) is 0 Å². The van der Waals surface area contributed by atoms with Crippen molar-refractivity contribution in [3.8, 4) is 0 Å². The minimum absolute atomic E-state index is 0.0950. The van der Waals surface area contributed by atoms with Crippen molar-refractivity contribution >= 4 is 29.1 Å². The number of halogens is 4. The van der Waals surface area contributed by atoms with Crippen molar-refractivity contribution in [2.45, 2.75) is 50.9 Å². The van der Waals surface area contributed by atoms with E-state index in [4.69, 9.17) is 11.5 Å². The van der Waals surface area contributed by atoms with Crippen LogP contribution in [0.25, 0.3) is 6.08 Å². The van der Waals surface area contributed by atoms with Gasteiger partial charge in [-0.05, 0) is 24.1 Å². The lowest BCUT2D eigenvalue weighted by Crippen LogP contribution is -2.40. The predicted molar refractivity (Wildman–Crippen MR) is 130 cm³/mol. The van der Waals surface area contributed by atoms with E-state index in [1.165, 1.54) is 6.20 Å². The van der Waals surface area contributed by atoms with Crippen molar-refractivity contribution in [1.82, 2.24) is 9.97 Å². The number of nitrogens with zero attached hydrogens (tertiary/aromatic N) is 4. The number of alkyl halides is 4. The van der Waals surface area contributed by atoms with Crippen LogP contribution < -0.4 is 21.3 Å². The van der Waals surface area contributed by atoms with Gasteiger partial charge in [-0.3, -0.25) is 0 Å². The van der Waals surface area contributed by atoms with Crippen LogP contribution in [0, 0.1) is 0 Å². The summed E-state index contributed by atoms with van der Waals surface area (Å²) in [6.07, 6.45) is 5.12. The highest BCUT2D eigenvalue weighted by Crippen LogP contribution is 2.32. The third kappa shape index (κ3) is 6.51. The Hall–Kier alpha value is -3.04. The summed E-state index contributed by atoms with van der Waals surface area (Å²) in [4.78, 5) is 12.3. The number of nitrogen functional groups attached to an aromatic ring is 2. The molecule has 0 amide bonds. The minimum Gasteiger partial charge on any atom is -0.397 e. The Morgan fingerprint density at radius 3 is 1.76 bits per heavy atom. The highest BCUT2D eigenvalue weighted by Gasteiger charge is 2.35. The number of nitrogens with two attached hydrogens (primary N) is 2. The Morgan fingerprint density at radius 1 is 0.853 bits per heavy atom. The van der Waals surface area contributed by atoms with Gasteiger partial charge >= 0.3 is 0 Å². The lowest BCUT2D eigenvalue weighted by Gasteiger charge is -2.33. The molecule has 4 rings (SSSR count). The van der Waals surface area contributed by atoms with Crippen molar-refractivity contribution in [3.05, 3.63) is 42.2 Å². The highest BCUT2D eigenvalue weighted by atomic mass is 19.3. The van der Waals surface area contributed by atoms with Crippen LogP contribution in [0.2, 0.25) is 0 Å². The fraction of sp³-hybridized carbons (Fsp3) is 0.500. The number of aryl methyl sites for hydroxylation is 1. The second kappa shape index (κ2) is 10.5. The Bertz CT molecular complexity index is 977. The molecule has 2 aromatic rings. The van der Waals surface area contributed by atoms with E-state index in [-0.39, 0.29) is 25.7 Å². The van der Waals surface area contributed by atoms with E-state index in [1.807, 2.05) is 22.8 Å². The van der Waals surface area contributed by atoms with Crippen LogP contribution in [0.3, 0.4) is 0 Å². The van der Waals surface area contributed by atoms with Gasteiger partial charge in [0.2, 0.25) is 0 Å². The Balaban J connectivity index is 0.000000191. The van der Waals surface area contributed by atoms with Gasteiger partial charge in [0.25, 0.3) is 11.8 Å². The molecule has 34 heavy (non-hydrogen) atoms. The van der Waals surface area contributed by atoms with Gasteiger partial charge in [0.1, 0.15) is 11.6 Å². The normalized spacial score (nSPS) is 19.2. The molecule has 0 atom stereocenters. The Kier molecular flexibility index (Phi) is 7.89. The summed E-state index contributed by atoms with van der Waals surface area (Å²) in [6.45, 7) is 7.03. The van der Waals surface area contributed by atoms with Gasteiger partial charge in [0.05, 0.1) is 23.8 Å². The van der Waals surface area contributed by atoms with E-state index in [1.54, 1.807) is 18.3 Å². The molecule has 0 unspecified atom stereocenters. The monoisotopic (exact) mass is 480 g/mol. The van der Waals surface area contributed by atoms with Crippen LogP contribution in [0.4, 0.5) is 40.6 Å². The lowest BCUT2D eigenvalue weighted by atomic mass is 10.1. The second-order valence-electron chi connectivity index (χ2n) is 8.68. The molecule has 0 aromatic carbocycles. The molecule has 4 heterocycles. The van der Waals surface area contributed by atoms with E-state index >= 15 is 0 Å². The zero-order valence-electron chi connectivity index (χ0n) is 19.4. The van der Waals surface area contributed by atoms with Crippen LogP contribution in [0.1, 0.15) is 43.7 Å². The summed E-state index contributed by atoms with van der Waals surface area (Å²) < 4.78 is 52.3. The number of hydrogen-bond donors (Lipinski definition) is 2. The average molecular weight is 481 g/mol. The Labute approximate surface area is 197 Å². The van der Waals surface area contributed by atoms with Gasteiger partial charge in [-0.25, -0.2) is 27.5 Å². The van der Waals surface area contributed by atoms with E-state index in [0.29, 0.717) is 43.4 Å². The third-order valence-corrected chi connectivity index (χ3v) is 6.07. The van der Waals surface area contributed by atoms with Gasteiger partial charge in [-0.2, -0.15) is 0 Å². The number of aromatic nitrogens is 2. The summed E-state index contributed by atoms with van der Waals surface area (Å²) in [6, 6.07) is 3.62. The number of pyridine rings is 2. The largest absolute Gasteiger partial charge is 0.397 e. The topological polar surface area (TPSA) is 84.3 Å². The molecular formula is C24H32F4N6. The second-order valence-corrected chi connectivity index (χ2v) is 8.68. The predicted octanol–water partition coefficient (Wildman–Crippen LogP) is 5.00. The molecule has 2 aliphatic heterocycles. The summed E-state index contributed by atoms with van der Waals surface area (Å²) in [5, 5.41) is 0. The summed E-state index contributed by atoms with van der Waals surface area (Å²) in [5.41, 5.74) is 14.3. The van der Waals surface area contributed by atoms with Gasteiger partial charge in [0, 0.05) is 57.4 Å². The van der Waals surface area contributed by atoms with Crippen molar-refractivity contribution in [2.24, 2.45) is 0 Å². The SMILES string of the molecule is C=Cc1cc(N)cnc1N1CCC(F)(F)CC1.CCc1cc(N)cnc1N1CCC(F)(F)CC1. The molecule has 0 bridgehead atoms. The average Bonchev–Trinajstić information content (AvgIpc) is 2.80. The first-order valence-electron chi connectivity index (χ1n) is 11.4. The van der Waals surface area contributed by atoms with Gasteiger partial charge in [-0.15, -0.1) is 0 Å². The molecular weight excluding hydrogens is 448 g/mol. The van der Waals surface area contributed by atoms with Crippen molar-refractivity contribution < 1.29 is 17.6 Å². The smallest absolute Gasteiger partial charge is 0.251 e. The number of hydrogen-bond acceptors (Lipinski definition) is 6. The lowest BCUT2D eigenvalue weighted by molar-refractivity contribution is -0.0227. The fourth-order valence-corrected chi connectivity index (χ4v) is 4.06. The molecule has 10 heteroatoms. The van der Waals surface area contributed by atoms with Crippen molar-refractivity contribution in [2.75, 3.05) is 47.4 Å². The maximum atomic E-state index is 13.1. The molecule has 2 saturated heterocycles. The molecule has 4 N–H and O–H groups in total. The highest BCUT2D eigenvalue weighted by molar-refractivity contribution is 5.66. The quantitative estimate of drug-likeness (QED) is 0.599. The fourth-order valence-electron chi connectivity index (χ4n) is 4.06. The standard InChI is InChI=1S/C12H17F2N3.C12H15F2N3/c2*1-2-9-7-10(15)8-16-11(9)17-5-3-12(13,14)4-6-17/h7-8H,2-6,15H2,1H3;2,7-8H,1,3-6,15H2. The van der Waals surface area contributed by atoms with E-state index in [2.05, 4.69) is 16.5 Å². The molecule has 0 spiro atoms. The zero-order valence-corrected chi connectivity index (χ0v) is 19.4. The van der Waals surface area contributed by atoms with E-state index in [9.17, 15) is 17.6 Å².